The monoisotopic (exact) mass is 316 g/mol. The van der Waals surface area contributed by atoms with Crippen LogP contribution in [0.2, 0.25) is 0 Å². The fourth-order valence-corrected chi connectivity index (χ4v) is 2.01. The molecule has 18 heavy (non-hydrogen) atoms. The van der Waals surface area contributed by atoms with Crippen LogP contribution in [0.15, 0.2) is 16.6 Å². The Balaban J connectivity index is 1.67. The highest BCUT2D eigenvalue weighted by Crippen LogP contribution is 2.29. The Hall–Kier alpha value is -0.810. The summed E-state index contributed by atoms with van der Waals surface area (Å²) >= 11 is 3.10. The maximum absolute atomic E-state index is 13.3. The van der Waals surface area contributed by atoms with E-state index in [-0.39, 0.29) is 5.82 Å². The molecular weight excluding hydrogens is 299 g/mol. The molecule has 0 bridgehead atoms. The number of nitrogen functional groups attached to an aromatic ring is 1. The summed E-state index contributed by atoms with van der Waals surface area (Å²) in [4.78, 5) is 0. The van der Waals surface area contributed by atoms with Crippen molar-refractivity contribution < 1.29 is 9.13 Å². The second-order valence-electron chi connectivity index (χ2n) is 4.65. The van der Waals surface area contributed by atoms with Crippen LogP contribution in [0.25, 0.3) is 0 Å². The first kappa shape index (κ1) is 13.6. The van der Waals surface area contributed by atoms with Gasteiger partial charge in [-0.1, -0.05) is 0 Å². The normalized spacial score (nSPS) is 14.8. The van der Waals surface area contributed by atoms with E-state index in [2.05, 4.69) is 21.2 Å². The first-order chi connectivity index (χ1) is 8.66. The van der Waals surface area contributed by atoms with Crippen molar-refractivity contribution in [2.45, 2.75) is 19.3 Å². The minimum atomic E-state index is -0.309. The number of nitrogens with one attached hydrogen (secondary N) is 1. The standard InChI is InChI=1S/C13H18BrFN2O/c14-10-6-12(16)13(7-11(10)15)17-4-1-5-18-8-9-2-3-9/h6-7,9,17H,1-5,8,16H2. The fourth-order valence-electron chi connectivity index (χ4n) is 1.65. The highest BCUT2D eigenvalue weighted by molar-refractivity contribution is 9.10. The Labute approximate surface area is 115 Å². The molecule has 0 radical (unpaired) electrons. The van der Waals surface area contributed by atoms with E-state index in [0.717, 1.165) is 32.1 Å². The maximum Gasteiger partial charge on any atom is 0.139 e. The molecule has 1 aromatic carbocycles. The lowest BCUT2D eigenvalue weighted by molar-refractivity contribution is 0.124. The zero-order chi connectivity index (χ0) is 13.0. The van der Waals surface area contributed by atoms with Crippen LogP contribution < -0.4 is 11.1 Å². The van der Waals surface area contributed by atoms with Gasteiger partial charge in [0.25, 0.3) is 0 Å². The maximum atomic E-state index is 13.3. The molecule has 1 fully saturated rings. The Morgan fingerprint density at radius 3 is 2.94 bits per heavy atom. The van der Waals surface area contributed by atoms with E-state index in [0.29, 0.717) is 15.8 Å². The molecule has 0 saturated heterocycles. The predicted octanol–water partition coefficient (Wildman–Crippen LogP) is 3.40. The van der Waals surface area contributed by atoms with Gasteiger partial charge in [0.05, 0.1) is 15.8 Å². The molecule has 0 unspecified atom stereocenters. The summed E-state index contributed by atoms with van der Waals surface area (Å²) in [6, 6.07) is 2.98. The summed E-state index contributed by atoms with van der Waals surface area (Å²) in [7, 11) is 0. The predicted molar refractivity (Wildman–Crippen MR) is 75.2 cm³/mol. The van der Waals surface area contributed by atoms with Crippen LogP contribution in [0.4, 0.5) is 15.8 Å². The molecule has 2 rings (SSSR count). The highest BCUT2D eigenvalue weighted by Gasteiger charge is 2.20. The van der Waals surface area contributed by atoms with Crippen LogP contribution in [0.1, 0.15) is 19.3 Å². The van der Waals surface area contributed by atoms with Crippen molar-refractivity contribution in [1.82, 2.24) is 0 Å². The van der Waals surface area contributed by atoms with E-state index in [1.807, 2.05) is 0 Å². The summed E-state index contributed by atoms with van der Waals surface area (Å²) in [5, 5.41) is 3.12. The summed E-state index contributed by atoms with van der Waals surface area (Å²) in [5.74, 6) is 0.492. The van der Waals surface area contributed by atoms with Gasteiger partial charge in [0.15, 0.2) is 0 Å². The molecule has 100 valence electrons. The third-order valence-electron chi connectivity index (χ3n) is 2.92. The fraction of sp³-hybridized carbons (Fsp3) is 0.538. The Bertz CT molecular complexity index is 410. The van der Waals surface area contributed by atoms with Gasteiger partial charge >= 0.3 is 0 Å². The Kier molecular flexibility index (Phi) is 4.83. The average Bonchev–Trinajstić information content (AvgIpc) is 3.13. The number of rotatable bonds is 7. The third-order valence-corrected chi connectivity index (χ3v) is 3.53. The van der Waals surface area contributed by atoms with E-state index in [1.54, 1.807) is 6.07 Å². The van der Waals surface area contributed by atoms with Crippen LogP contribution in [-0.2, 0) is 4.74 Å². The lowest BCUT2D eigenvalue weighted by atomic mass is 10.2. The van der Waals surface area contributed by atoms with Crippen molar-refractivity contribution in [3.05, 3.63) is 22.4 Å². The van der Waals surface area contributed by atoms with E-state index >= 15 is 0 Å². The lowest BCUT2D eigenvalue weighted by Crippen LogP contribution is -2.08. The van der Waals surface area contributed by atoms with Crippen molar-refractivity contribution in [2.24, 2.45) is 5.92 Å². The second kappa shape index (κ2) is 6.38. The van der Waals surface area contributed by atoms with E-state index in [4.69, 9.17) is 10.5 Å². The molecule has 3 nitrogen and oxygen atoms in total. The van der Waals surface area contributed by atoms with Crippen molar-refractivity contribution in [3.8, 4) is 0 Å². The number of benzene rings is 1. The first-order valence-electron chi connectivity index (χ1n) is 6.23. The minimum Gasteiger partial charge on any atom is -0.397 e. The van der Waals surface area contributed by atoms with Gasteiger partial charge in [-0.15, -0.1) is 0 Å². The third kappa shape index (κ3) is 4.14. The molecule has 3 N–H and O–H groups in total. The zero-order valence-electron chi connectivity index (χ0n) is 10.2. The summed E-state index contributed by atoms with van der Waals surface area (Å²) in [6.07, 6.45) is 3.52. The molecule has 0 aliphatic heterocycles. The molecule has 1 saturated carbocycles. The number of nitrogens with two attached hydrogens (primary N) is 1. The van der Waals surface area contributed by atoms with E-state index < -0.39 is 0 Å². The SMILES string of the molecule is Nc1cc(Br)c(F)cc1NCCCOCC1CC1. The van der Waals surface area contributed by atoms with Gasteiger partial charge in [-0.05, 0) is 47.2 Å². The molecule has 0 heterocycles. The van der Waals surface area contributed by atoms with Gasteiger partial charge in [-0.2, -0.15) is 0 Å². The summed E-state index contributed by atoms with van der Waals surface area (Å²) in [5.41, 5.74) is 6.97. The summed E-state index contributed by atoms with van der Waals surface area (Å²) in [6.45, 7) is 2.35. The minimum absolute atomic E-state index is 0.309. The molecule has 0 spiro atoms. The quantitative estimate of drug-likeness (QED) is 0.598. The molecule has 0 amide bonds. The smallest absolute Gasteiger partial charge is 0.139 e. The first-order valence-corrected chi connectivity index (χ1v) is 7.02. The van der Waals surface area contributed by atoms with Gasteiger partial charge in [0.2, 0.25) is 0 Å². The zero-order valence-corrected chi connectivity index (χ0v) is 11.8. The largest absolute Gasteiger partial charge is 0.397 e. The molecular formula is C13H18BrFN2O. The van der Waals surface area contributed by atoms with Gasteiger partial charge < -0.3 is 15.8 Å². The Morgan fingerprint density at radius 1 is 1.44 bits per heavy atom. The number of anilines is 2. The average molecular weight is 317 g/mol. The van der Waals surface area contributed by atoms with Gasteiger partial charge in [-0.25, -0.2) is 4.39 Å². The van der Waals surface area contributed by atoms with Crippen LogP contribution in [-0.4, -0.2) is 19.8 Å². The van der Waals surface area contributed by atoms with Crippen molar-refractivity contribution >= 4 is 27.3 Å². The number of hydrogen-bond acceptors (Lipinski definition) is 3. The molecule has 0 aromatic heterocycles. The Morgan fingerprint density at radius 2 is 2.22 bits per heavy atom. The van der Waals surface area contributed by atoms with Gasteiger partial charge in [-0.3, -0.25) is 0 Å². The number of ether oxygens (including phenoxy) is 1. The number of hydrogen-bond donors (Lipinski definition) is 2. The molecule has 1 aliphatic rings. The van der Waals surface area contributed by atoms with Crippen LogP contribution in [0, 0.1) is 11.7 Å². The lowest BCUT2D eigenvalue weighted by Gasteiger charge is -2.10. The van der Waals surface area contributed by atoms with Crippen molar-refractivity contribution in [1.29, 1.82) is 0 Å². The van der Waals surface area contributed by atoms with Crippen LogP contribution in [0.5, 0.6) is 0 Å². The van der Waals surface area contributed by atoms with Crippen LogP contribution >= 0.6 is 15.9 Å². The van der Waals surface area contributed by atoms with E-state index in [9.17, 15) is 4.39 Å². The summed E-state index contributed by atoms with van der Waals surface area (Å²) < 4.78 is 19.2. The van der Waals surface area contributed by atoms with Crippen molar-refractivity contribution in [2.75, 3.05) is 30.8 Å². The van der Waals surface area contributed by atoms with Crippen LogP contribution in [0.3, 0.4) is 0 Å². The second-order valence-corrected chi connectivity index (χ2v) is 5.51. The van der Waals surface area contributed by atoms with Crippen molar-refractivity contribution in [3.63, 3.8) is 0 Å². The molecule has 5 heteroatoms. The van der Waals surface area contributed by atoms with Gasteiger partial charge in [0.1, 0.15) is 5.82 Å². The highest BCUT2D eigenvalue weighted by atomic mass is 79.9. The molecule has 1 aromatic rings. The molecule has 0 atom stereocenters. The van der Waals surface area contributed by atoms with Gasteiger partial charge in [0, 0.05) is 25.8 Å². The molecule has 1 aliphatic carbocycles. The van der Waals surface area contributed by atoms with E-state index in [1.165, 1.54) is 18.9 Å². The number of halogens is 2. The topological polar surface area (TPSA) is 47.3 Å².